The van der Waals surface area contributed by atoms with Crippen molar-refractivity contribution in [1.82, 2.24) is 0 Å². The predicted molar refractivity (Wildman–Crippen MR) is 71.9 cm³/mol. The maximum Gasteiger partial charge on any atom is 0.269 e. The van der Waals surface area contributed by atoms with Crippen LogP contribution in [-0.2, 0) is 0 Å². The molecule has 1 aromatic carbocycles. The van der Waals surface area contributed by atoms with Crippen LogP contribution in [0.3, 0.4) is 0 Å². The van der Waals surface area contributed by atoms with Crippen LogP contribution in [0.1, 0.15) is 31.2 Å². The van der Waals surface area contributed by atoms with Gasteiger partial charge in [0.25, 0.3) is 5.69 Å². The van der Waals surface area contributed by atoms with E-state index in [1.54, 1.807) is 12.1 Å². The van der Waals surface area contributed by atoms with E-state index in [4.69, 9.17) is 5.11 Å². The molecule has 0 aliphatic heterocycles. The lowest BCUT2D eigenvalue weighted by Crippen LogP contribution is -2.03. The first kappa shape index (κ1) is 14.4. The average Bonchev–Trinajstić information content (AvgIpc) is 2.35. The van der Waals surface area contributed by atoms with Crippen LogP contribution in [0.4, 0.5) is 11.4 Å². The number of anilines is 1. The van der Waals surface area contributed by atoms with Gasteiger partial charge in [0.05, 0.1) is 4.92 Å². The third-order valence-corrected chi connectivity index (χ3v) is 2.82. The Morgan fingerprint density at radius 1 is 1.28 bits per heavy atom. The Morgan fingerprint density at radius 3 is 2.61 bits per heavy atom. The van der Waals surface area contributed by atoms with E-state index in [0.717, 1.165) is 43.5 Å². The Balaban J connectivity index is 2.36. The minimum Gasteiger partial charge on any atom is -0.396 e. The molecular weight excluding hydrogens is 232 g/mol. The van der Waals surface area contributed by atoms with E-state index in [9.17, 15) is 10.1 Å². The van der Waals surface area contributed by atoms with Crippen LogP contribution in [0, 0.1) is 17.0 Å². The highest BCUT2D eigenvalue weighted by Gasteiger charge is 2.07. The zero-order valence-electron chi connectivity index (χ0n) is 10.7. The molecule has 0 amide bonds. The molecular formula is C13H20N2O3. The molecule has 0 heterocycles. The highest BCUT2D eigenvalue weighted by molar-refractivity contribution is 5.55. The van der Waals surface area contributed by atoms with Crippen molar-refractivity contribution in [2.75, 3.05) is 18.5 Å². The SMILES string of the molecule is Cc1cc([N+](=O)[O-])ccc1NCCCCCCO. The second-order valence-electron chi connectivity index (χ2n) is 4.32. The number of nitro groups is 1. The van der Waals surface area contributed by atoms with Crippen molar-refractivity contribution in [2.45, 2.75) is 32.6 Å². The molecule has 1 rings (SSSR count). The van der Waals surface area contributed by atoms with E-state index in [1.807, 2.05) is 6.92 Å². The summed E-state index contributed by atoms with van der Waals surface area (Å²) in [4.78, 5) is 10.2. The van der Waals surface area contributed by atoms with Gasteiger partial charge >= 0.3 is 0 Å². The molecule has 0 bridgehead atoms. The number of hydrogen-bond acceptors (Lipinski definition) is 4. The van der Waals surface area contributed by atoms with E-state index in [1.165, 1.54) is 6.07 Å². The number of non-ortho nitro benzene ring substituents is 1. The van der Waals surface area contributed by atoms with Crippen molar-refractivity contribution in [3.8, 4) is 0 Å². The molecule has 18 heavy (non-hydrogen) atoms. The van der Waals surface area contributed by atoms with Crippen LogP contribution in [0.15, 0.2) is 18.2 Å². The molecule has 0 unspecified atom stereocenters. The molecule has 0 saturated carbocycles. The van der Waals surface area contributed by atoms with Crippen LogP contribution in [0.2, 0.25) is 0 Å². The van der Waals surface area contributed by atoms with Crippen molar-refractivity contribution in [3.05, 3.63) is 33.9 Å². The number of aryl methyl sites for hydroxylation is 1. The fraction of sp³-hybridized carbons (Fsp3) is 0.538. The molecule has 0 aliphatic rings. The van der Waals surface area contributed by atoms with E-state index in [-0.39, 0.29) is 17.2 Å². The third kappa shape index (κ3) is 4.71. The summed E-state index contributed by atoms with van der Waals surface area (Å²) in [7, 11) is 0. The number of aliphatic hydroxyl groups is 1. The number of nitrogens with one attached hydrogen (secondary N) is 1. The fourth-order valence-corrected chi connectivity index (χ4v) is 1.77. The highest BCUT2D eigenvalue weighted by Crippen LogP contribution is 2.21. The lowest BCUT2D eigenvalue weighted by Gasteiger charge is -2.09. The van der Waals surface area contributed by atoms with Crippen LogP contribution < -0.4 is 5.32 Å². The Kier molecular flexibility index (Phi) is 6.14. The minimum atomic E-state index is -0.383. The van der Waals surface area contributed by atoms with E-state index in [0.29, 0.717) is 0 Å². The fourth-order valence-electron chi connectivity index (χ4n) is 1.77. The van der Waals surface area contributed by atoms with Gasteiger partial charge in [-0.2, -0.15) is 0 Å². The summed E-state index contributed by atoms with van der Waals surface area (Å²) in [6.45, 7) is 2.97. The van der Waals surface area contributed by atoms with E-state index >= 15 is 0 Å². The summed E-state index contributed by atoms with van der Waals surface area (Å²) in [6, 6.07) is 4.84. The smallest absolute Gasteiger partial charge is 0.269 e. The summed E-state index contributed by atoms with van der Waals surface area (Å²) in [5.41, 5.74) is 1.96. The van der Waals surface area contributed by atoms with E-state index < -0.39 is 0 Å². The zero-order chi connectivity index (χ0) is 13.4. The Morgan fingerprint density at radius 2 is 2.00 bits per heavy atom. The second kappa shape index (κ2) is 7.66. The van der Waals surface area contributed by atoms with Crippen LogP contribution >= 0.6 is 0 Å². The van der Waals surface area contributed by atoms with Gasteiger partial charge in [-0.25, -0.2) is 0 Å². The highest BCUT2D eigenvalue weighted by atomic mass is 16.6. The normalized spacial score (nSPS) is 10.3. The topological polar surface area (TPSA) is 75.4 Å². The number of aliphatic hydroxyl groups excluding tert-OH is 1. The monoisotopic (exact) mass is 252 g/mol. The van der Waals surface area contributed by atoms with Crippen LogP contribution in [-0.4, -0.2) is 23.2 Å². The molecule has 5 nitrogen and oxygen atoms in total. The number of nitrogens with zero attached hydrogens (tertiary/aromatic N) is 1. The average molecular weight is 252 g/mol. The molecule has 0 spiro atoms. The van der Waals surface area contributed by atoms with Gasteiger partial charge in [0.15, 0.2) is 0 Å². The quantitative estimate of drug-likeness (QED) is 0.424. The van der Waals surface area contributed by atoms with E-state index in [2.05, 4.69) is 5.32 Å². The first-order valence-corrected chi connectivity index (χ1v) is 6.25. The molecule has 100 valence electrons. The maximum absolute atomic E-state index is 10.6. The third-order valence-electron chi connectivity index (χ3n) is 2.82. The van der Waals surface area contributed by atoms with Crippen molar-refractivity contribution in [3.63, 3.8) is 0 Å². The van der Waals surface area contributed by atoms with Gasteiger partial charge < -0.3 is 10.4 Å². The zero-order valence-corrected chi connectivity index (χ0v) is 10.7. The number of nitro benzene ring substituents is 1. The molecule has 1 aromatic rings. The molecule has 0 radical (unpaired) electrons. The molecule has 0 fully saturated rings. The number of hydrogen-bond donors (Lipinski definition) is 2. The van der Waals surface area contributed by atoms with Gasteiger partial charge in [0, 0.05) is 31.0 Å². The minimum absolute atomic E-state index is 0.126. The lowest BCUT2D eigenvalue weighted by atomic mass is 10.1. The van der Waals surface area contributed by atoms with Gasteiger partial charge in [0.2, 0.25) is 0 Å². The van der Waals surface area contributed by atoms with Gasteiger partial charge in [0.1, 0.15) is 0 Å². The molecule has 0 saturated heterocycles. The first-order chi connectivity index (χ1) is 8.65. The van der Waals surface area contributed by atoms with Crippen molar-refractivity contribution in [2.24, 2.45) is 0 Å². The summed E-state index contributed by atoms with van der Waals surface area (Å²) >= 11 is 0. The van der Waals surface area contributed by atoms with Crippen molar-refractivity contribution >= 4 is 11.4 Å². The summed E-state index contributed by atoms with van der Waals surface area (Å²) < 4.78 is 0. The van der Waals surface area contributed by atoms with Gasteiger partial charge in [-0.3, -0.25) is 10.1 Å². The first-order valence-electron chi connectivity index (χ1n) is 6.25. The second-order valence-corrected chi connectivity index (χ2v) is 4.32. The molecule has 5 heteroatoms. The number of benzene rings is 1. The standard InChI is InChI=1S/C13H20N2O3/c1-11-10-12(15(17)18)6-7-13(11)14-8-4-2-3-5-9-16/h6-7,10,14,16H,2-5,8-9H2,1H3. The lowest BCUT2D eigenvalue weighted by molar-refractivity contribution is -0.384. The Bertz CT molecular complexity index is 394. The Labute approximate surface area is 107 Å². The molecule has 0 atom stereocenters. The van der Waals surface area contributed by atoms with Gasteiger partial charge in [-0.1, -0.05) is 12.8 Å². The summed E-state index contributed by atoms with van der Waals surface area (Å²) in [6.07, 6.45) is 4.02. The molecule has 0 aromatic heterocycles. The van der Waals surface area contributed by atoms with Crippen molar-refractivity contribution in [1.29, 1.82) is 0 Å². The van der Waals surface area contributed by atoms with Crippen LogP contribution in [0.5, 0.6) is 0 Å². The van der Waals surface area contributed by atoms with Gasteiger partial charge in [-0.15, -0.1) is 0 Å². The summed E-state index contributed by atoms with van der Waals surface area (Å²) in [5.74, 6) is 0. The van der Waals surface area contributed by atoms with Crippen molar-refractivity contribution < 1.29 is 10.0 Å². The molecule has 2 N–H and O–H groups in total. The van der Waals surface area contributed by atoms with Crippen LogP contribution in [0.25, 0.3) is 0 Å². The predicted octanol–water partition coefficient (Wildman–Crippen LogP) is 2.87. The summed E-state index contributed by atoms with van der Waals surface area (Å²) in [5, 5.41) is 22.5. The number of unbranched alkanes of at least 4 members (excludes halogenated alkanes) is 3. The van der Waals surface area contributed by atoms with Gasteiger partial charge in [-0.05, 0) is 31.4 Å². The number of rotatable bonds is 8. The Hall–Kier alpha value is -1.62. The largest absolute Gasteiger partial charge is 0.396 e. The maximum atomic E-state index is 10.6. The molecule has 0 aliphatic carbocycles.